The monoisotopic (exact) mass is 282 g/mol. The van der Waals surface area contributed by atoms with E-state index in [1.165, 1.54) is 0 Å². The minimum atomic E-state index is 0.0651. The van der Waals surface area contributed by atoms with Gasteiger partial charge in [-0.2, -0.15) is 0 Å². The van der Waals surface area contributed by atoms with E-state index in [4.69, 9.17) is 5.73 Å². The number of amides is 1. The number of carbonyl (C=O) groups is 1. The Balaban J connectivity index is 2.11. The van der Waals surface area contributed by atoms with Crippen molar-refractivity contribution in [2.45, 2.75) is 26.4 Å². The van der Waals surface area contributed by atoms with Crippen molar-refractivity contribution in [3.8, 4) is 0 Å². The molecule has 0 heterocycles. The lowest BCUT2D eigenvalue weighted by Crippen LogP contribution is -2.27. The lowest BCUT2D eigenvalue weighted by atomic mass is 10.0. The van der Waals surface area contributed by atoms with Gasteiger partial charge in [0.1, 0.15) is 0 Å². The molecule has 21 heavy (non-hydrogen) atoms. The third-order valence-electron chi connectivity index (χ3n) is 3.65. The Kier molecular flexibility index (Phi) is 5.12. The maximum atomic E-state index is 12.6. The predicted molar refractivity (Wildman–Crippen MR) is 86.0 cm³/mol. The summed E-state index contributed by atoms with van der Waals surface area (Å²) in [6.45, 7) is 3.21. The van der Waals surface area contributed by atoms with Gasteiger partial charge in [0.2, 0.25) is 0 Å². The first kappa shape index (κ1) is 15.3. The third-order valence-corrected chi connectivity index (χ3v) is 3.65. The molecular formula is C18H22N2O. The highest BCUT2D eigenvalue weighted by Crippen LogP contribution is 2.14. The number of nitrogens with zero attached hydrogens (tertiary/aromatic N) is 1. The quantitative estimate of drug-likeness (QED) is 0.916. The molecule has 110 valence electrons. The van der Waals surface area contributed by atoms with E-state index in [1.807, 2.05) is 55.6 Å². The molecule has 0 aliphatic heterocycles. The Morgan fingerprint density at radius 1 is 1.05 bits per heavy atom. The first-order valence-electron chi connectivity index (χ1n) is 7.27. The first-order chi connectivity index (χ1) is 10.2. The Morgan fingerprint density at radius 2 is 1.67 bits per heavy atom. The van der Waals surface area contributed by atoms with Gasteiger partial charge in [0.05, 0.1) is 0 Å². The van der Waals surface area contributed by atoms with E-state index in [0.717, 1.165) is 28.7 Å². The molecule has 0 unspecified atom stereocenters. The van der Waals surface area contributed by atoms with Crippen LogP contribution >= 0.6 is 0 Å². The fourth-order valence-corrected chi connectivity index (χ4v) is 2.37. The second kappa shape index (κ2) is 7.04. The van der Waals surface area contributed by atoms with Crippen molar-refractivity contribution in [1.82, 2.24) is 4.90 Å². The number of nitrogens with two attached hydrogens (primary N) is 1. The second-order valence-electron chi connectivity index (χ2n) is 5.19. The molecule has 0 spiro atoms. The summed E-state index contributed by atoms with van der Waals surface area (Å²) in [5.74, 6) is 0.0651. The minimum absolute atomic E-state index is 0.0651. The zero-order valence-corrected chi connectivity index (χ0v) is 12.7. The summed E-state index contributed by atoms with van der Waals surface area (Å²) in [5.41, 5.74) is 9.69. The van der Waals surface area contributed by atoms with Crippen LogP contribution in [0.4, 0.5) is 0 Å². The van der Waals surface area contributed by atoms with Crippen molar-refractivity contribution in [2.24, 2.45) is 5.73 Å². The maximum Gasteiger partial charge on any atom is 0.254 e. The van der Waals surface area contributed by atoms with Gasteiger partial charge in [0.25, 0.3) is 5.91 Å². The Labute approximate surface area is 126 Å². The Bertz CT molecular complexity index is 605. The largest absolute Gasteiger partial charge is 0.337 e. The average molecular weight is 282 g/mol. The summed E-state index contributed by atoms with van der Waals surface area (Å²) < 4.78 is 0. The van der Waals surface area contributed by atoms with E-state index in [1.54, 1.807) is 4.90 Å². The summed E-state index contributed by atoms with van der Waals surface area (Å²) in [7, 11) is 1.84. The van der Waals surface area contributed by atoms with Crippen LogP contribution in [0, 0.1) is 0 Å². The molecule has 0 aromatic heterocycles. The van der Waals surface area contributed by atoms with E-state index in [2.05, 4.69) is 6.92 Å². The summed E-state index contributed by atoms with van der Waals surface area (Å²) in [6, 6.07) is 15.9. The van der Waals surface area contributed by atoms with Crippen LogP contribution in [0.5, 0.6) is 0 Å². The zero-order valence-electron chi connectivity index (χ0n) is 12.7. The molecule has 2 N–H and O–H groups in total. The number of hydrogen-bond acceptors (Lipinski definition) is 2. The van der Waals surface area contributed by atoms with E-state index < -0.39 is 0 Å². The highest BCUT2D eigenvalue weighted by molar-refractivity contribution is 5.95. The van der Waals surface area contributed by atoms with E-state index in [0.29, 0.717) is 13.1 Å². The van der Waals surface area contributed by atoms with Gasteiger partial charge in [-0.25, -0.2) is 0 Å². The number of aryl methyl sites for hydroxylation is 1. The first-order valence-corrected chi connectivity index (χ1v) is 7.27. The molecule has 3 heteroatoms. The average Bonchev–Trinajstić information content (AvgIpc) is 2.54. The van der Waals surface area contributed by atoms with Crippen LogP contribution in [0.3, 0.4) is 0 Å². The number of hydrogen-bond donors (Lipinski definition) is 1. The summed E-state index contributed by atoms with van der Waals surface area (Å²) >= 11 is 0. The summed E-state index contributed by atoms with van der Waals surface area (Å²) in [4.78, 5) is 14.3. The molecule has 3 nitrogen and oxygen atoms in total. The van der Waals surface area contributed by atoms with Crippen molar-refractivity contribution in [3.05, 3.63) is 70.8 Å². The SMILES string of the molecule is CCc1ccccc1C(=O)N(C)Cc1ccc(CN)cc1. The normalized spacial score (nSPS) is 10.4. The van der Waals surface area contributed by atoms with E-state index in [9.17, 15) is 4.79 Å². The molecule has 0 aliphatic carbocycles. The lowest BCUT2D eigenvalue weighted by molar-refractivity contribution is 0.0784. The molecule has 2 aromatic rings. The number of carbonyl (C=O) groups excluding carboxylic acids is 1. The smallest absolute Gasteiger partial charge is 0.254 e. The standard InChI is InChI=1S/C18H22N2O/c1-3-16-6-4-5-7-17(16)18(21)20(2)13-15-10-8-14(12-19)9-11-15/h4-11H,3,12-13,19H2,1-2H3. The number of rotatable bonds is 5. The third kappa shape index (κ3) is 3.70. The summed E-state index contributed by atoms with van der Waals surface area (Å²) in [6.07, 6.45) is 0.862. The minimum Gasteiger partial charge on any atom is -0.337 e. The van der Waals surface area contributed by atoms with E-state index >= 15 is 0 Å². The van der Waals surface area contributed by atoms with Crippen LogP contribution in [0.15, 0.2) is 48.5 Å². The van der Waals surface area contributed by atoms with Crippen molar-refractivity contribution < 1.29 is 4.79 Å². The highest BCUT2D eigenvalue weighted by Gasteiger charge is 2.14. The van der Waals surface area contributed by atoms with Crippen molar-refractivity contribution in [2.75, 3.05) is 7.05 Å². The highest BCUT2D eigenvalue weighted by atomic mass is 16.2. The van der Waals surface area contributed by atoms with Gasteiger partial charge in [-0.05, 0) is 29.2 Å². The topological polar surface area (TPSA) is 46.3 Å². The fraction of sp³-hybridized carbons (Fsp3) is 0.278. The molecule has 1 amide bonds. The van der Waals surface area contributed by atoms with Crippen molar-refractivity contribution >= 4 is 5.91 Å². The van der Waals surface area contributed by atoms with Gasteiger partial charge in [-0.1, -0.05) is 49.4 Å². The van der Waals surface area contributed by atoms with Gasteiger partial charge < -0.3 is 10.6 Å². The molecule has 0 radical (unpaired) electrons. The number of benzene rings is 2. The van der Waals surface area contributed by atoms with Gasteiger partial charge in [-0.3, -0.25) is 4.79 Å². The van der Waals surface area contributed by atoms with Gasteiger partial charge in [0, 0.05) is 25.7 Å². The predicted octanol–water partition coefficient (Wildman–Crippen LogP) is 2.98. The molecule has 0 atom stereocenters. The van der Waals surface area contributed by atoms with Crippen LogP contribution in [-0.2, 0) is 19.5 Å². The van der Waals surface area contributed by atoms with Crippen LogP contribution in [0.1, 0.15) is 34.0 Å². The molecule has 0 aliphatic rings. The molecule has 2 aromatic carbocycles. The molecule has 0 fully saturated rings. The molecule has 0 saturated carbocycles. The summed E-state index contributed by atoms with van der Waals surface area (Å²) in [5, 5.41) is 0. The molecule has 2 rings (SSSR count). The van der Waals surface area contributed by atoms with Gasteiger partial charge >= 0.3 is 0 Å². The van der Waals surface area contributed by atoms with Crippen LogP contribution in [-0.4, -0.2) is 17.9 Å². The van der Waals surface area contributed by atoms with E-state index in [-0.39, 0.29) is 5.91 Å². The maximum absolute atomic E-state index is 12.6. The Morgan fingerprint density at radius 3 is 2.29 bits per heavy atom. The molecule has 0 bridgehead atoms. The van der Waals surface area contributed by atoms with Crippen LogP contribution in [0.25, 0.3) is 0 Å². The molecular weight excluding hydrogens is 260 g/mol. The fourth-order valence-electron chi connectivity index (χ4n) is 2.37. The second-order valence-corrected chi connectivity index (χ2v) is 5.19. The zero-order chi connectivity index (χ0) is 15.2. The van der Waals surface area contributed by atoms with Crippen molar-refractivity contribution in [3.63, 3.8) is 0 Å². The van der Waals surface area contributed by atoms with Crippen LogP contribution < -0.4 is 5.73 Å². The van der Waals surface area contributed by atoms with Crippen molar-refractivity contribution in [1.29, 1.82) is 0 Å². The van der Waals surface area contributed by atoms with Gasteiger partial charge in [-0.15, -0.1) is 0 Å². The van der Waals surface area contributed by atoms with Gasteiger partial charge in [0.15, 0.2) is 0 Å². The van der Waals surface area contributed by atoms with Crippen LogP contribution in [0.2, 0.25) is 0 Å². The molecule has 0 saturated heterocycles. The lowest BCUT2D eigenvalue weighted by Gasteiger charge is -2.19. The Hall–Kier alpha value is -2.13.